The zero-order valence-corrected chi connectivity index (χ0v) is 13.5. The molecule has 0 aliphatic heterocycles. The predicted molar refractivity (Wildman–Crippen MR) is 93.0 cm³/mol. The van der Waals surface area contributed by atoms with Gasteiger partial charge in [-0.15, -0.1) is 11.3 Å². The van der Waals surface area contributed by atoms with E-state index in [1.807, 2.05) is 29.6 Å². The van der Waals surface area contributed by atoms with Crippen LogP contribution in [0.3, 0.4) is 0 Å². The molecule has 0 aliphatic carbocycles. The van der Waals surface area contributed by atoms with Gasteiger partial charge in [-0.1, -0.05) is 36.4 Å². The third kappa shape index (κ3) is 3.61. The highest BCUT2D eigenvalue weighted by atomic mass is 35.5. The lowest BCUT2D eigenvalue weighted by molar-refractivity contribution is 0.0937. The zero-order chi connectivity index (χ0) is 16.2. The number of aromatic amines is 1. The van der Waals surface area contributed by atoms with Gasteiger partial charge < -0.3 is 0 Å². The molecule has 23 heavy (non-hydrogen) atoms. The van der Waals surface area contributed by atoms with Crippen LogP contribution in [0.2, 0.25) is 5.02 Å². The third-order valence-corrected chi connectivity index (χ3v) is 4.27. The van der Waals surface area contributed by atoms with Crippen LogP contribution in [0.15, 0.2) is 54.4 Å². The number of halogens is 1. The molecule has 0 saturated heterocycles. The van der Waals surface area contributed by atoms with Gasteiger partial charge in [0.05, 0.1) is 16.3 Å². The maximum atomic E-state index is 12.1. The summed E-state index contributed by atoms with van der Waals surface area (Å²) in [5.74, 6) is -0.348. The summed E-state index contributed by atoms with van der Waals surface area (Å²) < 4.78 is 0. The van der Waals surface area contributed by atoms with E-state index in [2.05, 4.69) is 27.6 Å². The predicted octanol–water partition coefficient (Wildman–Crippen LogP) is 3.70. The van der Waals surface area contributed by atoms with E-state index in [4.69, 9.17) is 11.6 Å². The van der Waals surface area contributed by atoms with Crippen molar-refractivity contribution in [3.8, 4) is 10.6 Å². The van der Waals surface area contributed by atoms with Gasteiger partial charge >= 0.3 is 0 Å². The van der Waals surface area contributed by atoms with E-state index in [1.54, 1.807) is 29.5 Å². The summed E-state index contributed by atoms with van der Waals surface area (Å²) in [4.78, 5) is 13.1. The number of aromatic nitrogens is 2. The largest absolute Gasteiger partial charge is 0.298 e. The molecule has 0 aliphatic rings. The minimum absolute atomic E-state index is 0.296. The van der Waals surface area contributed by atoms with E-state index in [-0.39, 0.29) is 5.91 Å². The van der Waals surface area contributed by atoms with E-state index < -0.39 is 0 Å². The third-order valence-electron chi connectivity index (χ3n) is 3.12. The number of nitrogens with zero attached hydrogens (tertiary/aromatic N) is 1. The molecule has 1 aromatic carbocycles. The molecular weight excluding hydrogens is 332 g/mol. The Balaban J connectivity index is 1.61. The number of thiophene rings is 1. The smallest absolute Gasteiger partial charge is 0.290 e. The van der Waals surface area contributed by atoms with E-state index in [0.29, 0.717) is 16.4 Å². The monoisotopic (exact) mass is 344 g/mol. The molecule has 3 rings (SSSR count). The molecule has 3 N–H and O–H groups in total. The molecule has 0 unspecified atom stereocenters. The number of amides is 1. The molecule has 5 nitrogen and oxygen atoms in total. The Kier molecular flexibility index (Phi) is 4.45. The highest BCUT2D eigenvalue weighted by molar-refractivity contribution is 7.13. The number of H-pyrrole nitrogens is 1. The summed E-state index contributed by atoms with van der Waals surface area (Å²) in [6.07, 6.45) is 0. The van der Waals surface area contributed by atoms with Gasteiger partial charge in [-0.25, -0.2) is 0 Å². The van der Waals surface area contributed by atoms with E-state index in [0.717, 1.165) is 16.1 Å². The molecular formula is C16H13ClN4OS. The van der Waals surface area contributed by atoms with Gasteiger partial charge in [0.25, 0.3) is 5.91 Å². The second-order valence-corrected chi connectivity index (χ2v) is 6.09. The highest BCUT2D eigenvalue weighted by Gasteiger charge is 2.12. The summed E-state index contributed by atoms with van der Waals surface area (Å²) in [6.45, 7) is 3.87. The van der Waals surface area contributed by atoms with Gasteiger partial charge in [0.15, 0.2) is 5.69 Å². The Labute approximate surface area is 142 Å². The average molecular weight is 345 g/mol. The molecule has 7 heteroatoms. The lowest BCUT2D eigenvalue weighted by Gasteiger charge is -2.10. The fourth-order valence-electron chi connectivity index (χ4n) is 1.92. The van der Waals surface area contributed by atoms with Crippen LogP contribution >= 0.6 is 22.9 Å². The van der Waals surface area contributed by atoms with Crippen LogP contribution < -0.4 is 10.9 Å². The fraction of sp³-hybridized carbons (Fsp3) is 0. The van der Waals surface area contributed by atoms with Crippen LogP contribution in [-0.2, 0) is 0 Å². The Morgan fingerprint density at radius 3 is 2.70 bits per heavy atom. The number of rotatable bonds is 5. The topological polar surface area (TPSA) is 69.8 Å². The van der Waals surface area contributed by atoms with Crippen LogP contribution in [0.4, 0.5) is 0 Å². The van der Waals surface area contributed by atoms with Crippen molar-refractivity contribution in [1.29, 1.82) is 0 Å². The number of benzene rings is 1. The standard InChI is InChI=1S/C16H13ClN4OS/c1-10(11-4-6-12(17)7-5-11)18-21-16(22)14-9-13(19-20-14)15-3-2-8-23-15/h2-9,18H,1H2,(H,19,20)(H,21,22). The molecule has 3 aromatic rings. The molecule has 0 radical (unpaired) electrons. The van der Waals surface area contributed by atoms with Gasteiger partial charge in [0, 0.05) is 5.02 Å². The summed E-state index contributed by atoms with van der Waals surface area (Å²) in [5.41, 5.74) is 7.83. The first-order valence-corrected chi connectivity index (χ1v) is 8.00. The van der Waals surface area contributed by atoms with E-state index >= 15 is 0 Å². The number of hydrogen-bond acceptors (Lipinski definition) is 4. The van der Waals surface area contributed by atoms with Crippen LogP contribution in [0, 0.1) is 0 Å². The second-order valence-electron chi connectivity index (χ2n) is 4.71. The number of hydrogen-bond donors (Lipinski definition) is 3. The normalized spacial score (nSPS) is 10.3. The summed E-state index contributed by atoms with van der Waals surface area (Å²) >= 11 is 7.41. The molecule has 0 bridgehead atoms. The van der Waals surface area contributed by atoms with Crippen LogP contribution in [0.25, 0.3) is 16.3 Å². The number of hydrazine groups is 1. The van der Waals surface area contributed by atoms with Gasteiger partial charge in [-0.05, 0) is 35.2 Å². The van der Waals surface area contributed by atoms with E-state index in [9.17, 15) is 4.79 Å². The number of carbonyl (C=O) groups excluding carboxylic acids is 1. The van der Waals surface area contributed by atoms with Crippen molar-refractivity contribution in [3.05, 3.63) is 70.7 Å². The summed E-state index contributed by atoms with van der Waals surface area (Å²) in [5, 5.41) is 9.47. The van der Waals surface area contributed by atoms with Gasteiger partial charge in [-0.2, -0.15) is 5.10 Å². The maximum Gasteiger partial charge on any atom is 0.290 e. The first-order valence-electron chi connectivity index (χ1n) is 6.74. The second kappa shape index (κ2) is 6.68. The molecule has 116 valence electrons. The van der Waals surface area contributed by atoms with Crippen LogP contribution in [0.5, 0.6) is 0 Å². The Hall–Kier alpha value is -2.57. The Bertz CT molecular complexity index is 824. The van der Waals surface area contributed by atoms with Crippen LogP contribution in [0.1, 0.15) is 16.1 Å². The highest BCUT2D eigenvalue weighted by Crippen LogP contribution is 2.22. The Morgan fingerprint density at radius 2 is 2.00 bits per heavy atom. The molecule has 1 amide bonds. The first kappa shape index (κ1) is 15.3. The van der Waals surface area contributed by atoms with Crippen molar-refractivity contribution in [2.75, 3.05) is 0 Å². The number of nitrogens with one attached hydrogen (secondary N) is 3. The van der Waals surface area contributed by atoms with Gasteiger partial charge in [0.2, 0.25) is 0 Å². The first-order chi connectivity index (χ1) is 11.1. The van der Waals surface area contributed by atoms with E-state index in [1.165, 1.54) is 0 Å². The SMILES string of the molecule is C=C(NNC(=O)c1cc(-c2cccs2)[nH]n1)c1ccc(Cl)cc1. The molecule has 0 saturated carbocycles. The average Bonchev–Trinajstić information content (AvgIpc) is 3.23. The van der Waals surface area contributed by atoms with Crippen molar-refractivity contribution in [3.63, 3.8) is 0 Å². The van der Waals surface area contributed by atoms with Crippen LogP contribution in [-0.4, -0.2) is 16.1 Å². The van der Waals surface area contributed by atoms with Crippen molar-refractivity contribution in [1.82, 2.24) is 21.0 Å². The van der Waals surface area contributed by atoms with Crippen molar-refractivity contribution >= 4 is 34.5 Å². The molecule has 2 heterocycles. The minimum atomic E-state index is -0.348. The van der Waals surface area contributed by atoms with Gasteiger partial charge in [0.1, 0.15) is 0 Å². The van der Waals surface area contributed by atoms with Crippen molar-refractivity contribution in [2.24, 2.45) is 0 Å². The molecule has 0 fully saturated rings. The maximum absolute atomic E-state index is 12.1. The minimum Gasteiger partial charge on any atom is -0.298 e. The fourth-order valence-corrected chi connectivity index (χ4v) is 2.73. The molecule has 0 spiro atoms. The lowest BCUT2D eigenvalue weighted by atomic mass is 10.2. The lowest BCUT2D eigenvalue weighted by Crippen LogP contribution is -2.36. The number of carbonyl (C=O) groups is 1. The zero-order valence-electron chi connectivity index (χ0n) is 12.0. The van der Waals surface area contributed by atoms with Gasteiger partial charge in [-0.3, -0.25) is 20.7 Å². The van der Waals surface area contributed by atoms with Crippen molar-refractivity contribution in [2.45, 2.75) is 0 Å². The Morgan fingerprint density at radius 1 is 1.22 bits per heavy atom. The summed E-state index contributed by atoms with van der Waals surface area (Å²) in [7, 11) is 0. The quantitative estimate of drug-likeness (QED) is 0.618. The van der Waals surface area contributed by atoms with Crippen molar-refractivity contribution < 1.29 is 4.79 Å². The summed E-state index contributed by atoms with van der Waals surface area (Å²) in [6, 6.07) is 12.7. The molecule has 0 atom stereocenters. The molecule has 2 aromatic heterocycles.